The van der Waals surface area contributed by atoms with Crippen molar-refractivity contribution in [1.29, 1.82) is 0 Å². The first-order valence-corrected chi connectivity index (χ1v) is 8.04. The number of nitrogens with one attached hydrogen (secondary N) is 1. The monoisotopic (exact) mass is 279 g/mol. The molecule has 1 N–H and O–H groups in total. The van der Waals surface area contributed by atoms with Crippen molar-refractivity contribution in [3.8, 4) is 5.75 Å². The van der Waals surface area contributed by atoms with E-state index in [0.717, 1.165) is 12.3 Å². The quantitative estimate of drug-likeness (QED) is 0.882. The summed E-state index contributed by atoms with van der Waals surface area (Å²) in [6, 6.07) is 6.71. The van der Waals surface area contributed by atoms with Gasteiger partial charge in [-0.3, -0.25) is 0 Å². The fourth-order valence-electron chi connectivity index (χ4n) is 2.65. The molecule has 0 aromatic heterocycles. The van der Waals surface area contributed by atoms with Crippen LogP contribution < -0.4 is 10.1 Å². The van der Waals surface area contributed by atoms with Gasteiger partial charge >= 0.3 is 0 Å². The molecule has 2 rings (SSSR count). The zero-order chi connectivity index (χ0) is 13.9. The Kier molecular flexibility index (Phi) is 4.80. The largest absolute Gasteiger partial charge is 0.496 e. The Morgan fingerprint density at radius 3 is 2.89 bits per heavy atom. The molecule has 1 fully saturated rings. The Balaban J connectivity index is 2.03. The second kappa shape index (κ2) is 6.19. The molecule has 0 radical (unpaired) electrons. The van der Waals surface area contributed by atoms with E-state index in [1.807, 2.05) is 0 Å². The van der Waals surface area contributed by atoms with Crippen molar-refractivity contribution in [3.05, 3.63) is 29.3 Å². The lowest BCUT2D eigenvalue weighted by atomic mass is 10.0. The standard InChI is InChI=1S/C16H25NOS/c1-12-6-7-15(18-4)14(10-12)13(2)17-11-16(3)8-5-9-19-16/h6-7,10,13,17H,5,8-9,11H2,1-4H3. The van der Waals surface area contributed by atoms with Gasteiger partial charge in [-0.15, -0.1) is 0 Å². The highest BCUT2D eigenvalue weighted by Crippen LogP contribution is 2.37. The number of methoxy groups -OCH3 is 1. The predicted molar refractivity (Wildman–Crippen MR) is 84.2 cm³/mol. The Bertz CT molecular complexity index is 427. The van der Waals surface area contributed by atoms with Gasteiger partial charge in [-0.1, -0.05) is 17.7 Å². The van der Waals surface area contributed by atoms with Crippen LogP contribution in [0.25, 0.3) is 0 Å². The van der Waals surface area contributed by atoms with Gasteiger partial charge in [0.15, 0.2) is 0 Å². The van der Waals surface area contributed by atoms with Crippen molar-refractivity contribution in [2.45, 2.75) is 44.4 Å². The van der Waals surface area contributed by atoms with E-state index in [0.29, 0.717) is 10.8 Å². The summed E-state index contributed by atoms with van der Waals surface area (Å²) in [5.41, 5.74) is 2.54. The third-order valence-electron chi connectivity index (χ3n) is 3.93. The molecule has 2 atom stereocenters. The maximum Gasteiger partial charge on any atom is 0.123 e. The third-order valence-corrected chi connectivity index (χ3v) is 5.47. The summed E-state index contributed by atoms with van der Waals surface area (Å²) in [6.45, 7) is 7.79. The molecule has 0 aliphatic carbocycles. The first-order valence-electron chi connectivity index (χ1n) is 7.06. The van der Waals surface area contributed by atoms with E-state index >= 15 is 0 Å². The van der Waals surface area contributed by atoms with Crippen LogP contribution in [-0.2, 0) is 0 Å². The lowest BCUT2D eigenvalue weighted by Gasteiger charge is -2.26. The van der Waals surface area contributed by atoms with Crippen molar-refractivity contribution in [2.75, 3.05) is 19.4 Å². The highest BCUT2D eigenvalue weighted by molar-refractivity contribution is 8.00. The molecule has 19 heavy (non-hydrogen) atoms. The van der Waals surface area contributed by atoms with Crippen LogP contribution >= 0.6 is 11.8 Å². The molecule has 0 amide bonds. The minimum absolute atomic E-state index is 0.327. The SMILES string of the molecule is COc1ccc(C)cc1C(C)NCC1(C)CCCS1. The van der Waals surface area contributed by atoms with Gasteiger partial charge in [0.25, 0.3) is 0 Å². The normalized spacial score (nSPS) is 24.4. The molecule has 106 valence electrons. The van der Waals surface area contributed by atoms with Crippen molar-refractivity contribution < 1.29 is 4.74 Å². The van der Waals surface area contributed by atoms with Crippen molar-refractivity contribution in [2.24, 2.45) is 0 Å². The van der Waals surface area contributed by atoms with Gasteiger partial charge < -0.3 is 10.1 Å². The van der Waals surface area contributed by atoms with Crippen molar-refractivity contribution in [3.63, 3.8) is 0 Å². The third kappa shape index (κ3) is 3.67. The van der Waals surface area contributed by atoms with E-state index in [4.69, 9.17) is 4.74 Å². The topological polar surface area (TPSA) is 21.3 Å². The average Bonchev–Trinajstić information content (AvgIpc) is 2.83. The van der Waals surface area contributed by atoms with E-state index in [-0.39, 0.29) is 0 Å². The Morgan fingerprint density at radius 2 is 2.26 bits per heavy atom. The molecule has 1 aliphatic heterocycles. The van der Waals surface area contributed by atoms with Gasteiger partial charge in [0, 0.05) is 22.9 Å². The predicted octanol–water partition coefficient (Wildman–Crippen LogP) is 3.94. The maximum atomic E-state index is 5.47. The van der Waals surface area contributed by atoms with Gasteiger partial charge in [0.05, 0.1) is 7.11 Å². The second-order valence-electron chi connectivity index (χ2n) is 5.75. The number of rotatable bonds is 5. The Hall–Kier alpha value is -0.670. The molecule has 2 nitrogen and oxygen atoms in total. The van der Waals surface area contributed by atoms with Gasteiger partial charge in [-0.25, -0.2) is 0 Å². The van der Waals surface area contributed by atoms with E-state index in [9.17, 15) is 0 Å². The Labute approximate surface area is 121 Å². The smallest absolute Gasteiger partial charge is 0.123 e. The van der Waals surface area contributed by atoms with Crippen LogP contribution in [0.3, 0.4) is 0 Å². The van der Waals surface area contributed by atoms with E-state index < -0.39 is 0 Å². The number of hydrogen-bond acceptors (Lipinski definition) is 3. The number of benzene rings is 1. The van der Waals surface area contributed by atoms with Crippen LogP contribution in [0.1, 0.15) is 43.9 Å². The summed E-state index contributed by atoms with van der Waals surface area (Å²) < 4.78 is 5.88. The summed E-state index contributed by atoms with van der Waals surface area (Å²) in [5.74, 6) is 2.29. The second-order valence-corrected chi connectivity index (χ2v) is 7.43. The zero-order valence-corrected chi connectivity index (χ0v) is 13.3. The van der Waals surface area contributed by atoms with E-state index in [2.05, 4.69) is 56.0 Å². The van der Waals surface area contributed by atoms with Gasteiger partial charge in [0.2, 0.25) is 0 Å². The molecular weight excluding hydrogens is 254 g/mol. The molecular formula is C16H25NOS. The minimum atomic E-state index is 0.327. The lowest BCUT2D eigenvalue weighted by molar-refractivity contribution is 0.398. The maximum absolute atomic E-state index is 5.47. The van der Waals surface area contributed by atoms with Crippen LogP contribution in [0.2, 0.25) is 0 Å². The molecule has 1 aromatic carbocycles. The summed E-state index contributed by atoms with van der Waals surface area (Å²) in [6.07, 6.45) is 2.67. The minimum Gasteiger partial charge on any atom is -0.496 e. The van der Waals surface area contributed by atoms with Crippen LogP contribution in [0.15, 0.2) is 18.2 Å². The molecule has 0 saturated carbocycles. The number of ether oxygens (including phenoxy) is 1. The fourth-order valence-corrected chi connectivity index (χ4v) is 3.90. The van der Waals surface area contributed by atoms with Crippen molar-refractivity contribution in [1.82, 2.24) is 5.32 Å². The molecule has 0 bridgehead atoms. The van der Waals surface area contributed by atoms with Crippen LogP contribution in [0, 0.1) is 6.92 Å². The van der Waals surface area contributed by atoms with Gasteiger partial charge in [0.1, 0.15) is 5.75 Å². The number of hydrogen-bond donors (Lipinski definition) is 1. The summed E-state index contributed by atoms with van der Waals surface area (Å²) in [5, 5.41) is 3.68. The van der Waals surface area contributed by atoms with Gasteiger partial charge in [-0.05, 0) is 45.4 Å². The first-order chi connectivity index (χ1) is 9.04. The van der Waals surface area contributed by atoms with E-state index in [1.54, 1.807) is 7.11 Å². The molecule has 1 heterocycles. The average molecular weight is 279 g/mol. The lowest BCUT2D eigenvalue weighted by Crippen LogP contribution is -2.34. The van der Waals surface area contributed by atoms with Crippen LogP contribution in [-0.4, -0.2) is 24.2 Å². The first kappa shape index (κ1) is 14.7. The summed E-state index contributed by atoms with van der Waals surface area (Å²) in [4.78, 5) is 0. The molecule has 1 saturated heterocycles. The molecule has 1 aromatic rings. The van der Waals surface area contributed by atoms with Crippen LogP contribution in [0.5, 0.6) is 5.75 Å². The summed E-state index contributed by atoms with van der Waals surface area (Å²) >= 11 is 2.10. The molecule has 1 aliphatic rings. The van der Waals surface area contributed by atoms with Gasteiger partial charge in [-0.2, -0.15) is 11.8 Å². The number of aryl methyl sites for hydroxylation is 1. The Morgan fingerprint density at radius 1 is 1.47 bits per heavy atom. The fraction of sp³-hybridized carbons (Fsp3) is 0.625. The highest BCUT2D eigenvalue weighted by Gasteiger charge is 2.29. The zero-order valence-electron chi connectivity index (χ0n) is 12.5. The number of thioether (sulfide) groups is 1. The molecule has 2 unspecified atom stereocenters. The molecule has 0 spiro atoms. The highest BCUT2D eigenvalue weighted by atomic mass is 32.2. The van der Waals surface area contributed by atoms with E-state index in [1.165, 1.54) is 29.7 Å². The molecule has 3 heteroatoms. The summed E-state index contributed by atoms with van der Waals surface area (Å²) in [7, 11) is 1.75. The van der Waals surface area contributed by atoms with Crippen LogP contribution in [0.4, 0.5) is 0 Å². The van der Waals surface area contributed by atoms with Crippen molar-refractivity contribution >= 4 is 11.8 Å².